The Morgan fingerprint density at radius 3 is 2.40 bits per heavy atom. The van der Waals surface area contributed by atoms with Crippen molar-refractivity contribution in [1.82, 2.24) is 4.72 Å². The smallest absolute Gasteiger partial charge is 0.255 e. The molecule has 134 valence electrons. The highest BCUT2D eigenvalue weighted by atomic mass is 35.5. The lowest BCUT2D eigenvalue weighted by atomic mass is 10.1. The number of benzene rings is 2. The minimum absolute atomic E-state index is 0.128. The van der Waals surface area contributed by atoms with E-state index in [4.69, 9.17) is 11.6 Å². The van der Waals surface area contributed by atoms with Crippen LogP contribution < -0.4 is 10.0 Å². The van der Waals surface area contributed by atoms with E-state index in [0.717, 1.165) is 5.56 Å². The lowest BCUT2D eigenvalue weighted by Gasteiger charge is -2.13. The first kappa shape index (κ1) is 19.4. The van der Waals surface area contributed by atoms with Crippen LogP contribution in [0.2, 0.25) is 5.02 Å². The Labute approximate surface area is 153 Å². The maximum absolute atomic E-state index is 12.3. The van der Waals surface area contributed by atoms with Gasteiger partial charge in [0.1, 0.15) is 0 Å². The van der Waals surface area contributed by atoms with Crippen LogP contribution in [-0.2, 0) is 10.0 Å². The van der Waals surface area contributed by atoms with Gasteiger partial charge in [-0.25, -0.2) is 13.1 Å². The summed E-state index contributed by atoms with van der Waals surface area (Å²) in [6.45, 7) is 5.51. The minimum Gasteiger partial charge on any atom is -0.322 e. The molecule has 1 unspecified atom stereocenters. The number of carbonyl (C=O) groups is 1. The second-order valence-electron chi connectivity index (χ2n) is 5.82. The predicted octanol–water partition coefficient (Wildman–Crippen LogP) is 3.98. The van der Waals surface area contributed by atoms with Crippen LogP contribution in [0.3, 0.4) is 0 Å². The van der Waals surface area contributed by atoms with Crippen molar-refractivity contribution in [2.45, 2.75) is 38.1 Å². The summed E-state index contributed by atoms with van der Waals surface area (Å²) >= 11 is 6.04. The molecule has 5 nitrogen and oxygen atoms in total. The molecule has 1 atom stereocenters. The van der Waals surface area contributed by atoms with Crippen LogP contribution in [-0.4, -0.2) is 20.4 Å². The molecular formula is C18H21ClN2O3S. The zero-order chi connectivity index (χ0) is 18.6. The third-order valence-corrected chi connectivity index (χ3v) is 5.93. The maximum Gasteiger partial charge on any atom is 0.255 e. The fourth-order valence-electron chi connectivity index (χ4n) is 2.14. The molecule has 0 saturated carbocycles. The average molecular weight is 381 g/mol. The molecule has 2 rings (SSSR count). The van der Waals surface area contributed by atoms with E-state index in [0.29, 0.717) is 22.7 Å². The molecule has 7 heteroatoms. The van der Waals surface area contributed by atoms with Crippen LogP contribution in [0.5, 0.6) is 0 Å². The molecule has 0 aliphatic heterocycles. The first-order chi connectivity index (χ1) is 11.7. The van der Waals surface area contributed by atoms with Crippen molar-refractivity contribution in [1.29, 1.82) is 0 Å². The van der Waals surface area contributed by atoms with Gasteiger partial charge in [-0.2, -0.15) is 0 Å². The van der Waals surface area contributed by atoms with Gasteiger partial charge in [0.2, 0.25) is 10.0 Å². The number of amides is 1. The summed E-state index contributed by atoms with van der Waals surface area (Å²) in [6.07, 6.45) is 0.693. The Balaban J connectivity index is 2.16. The Kier molecular flexibility index (Phi) is 6.21. The van der Waals surface area contributed by atoms with E-state index in [2.05, 4.69) is 10.0 Å². The normalized spacial score (nSPS) is 12.6. The fourth-order valence-corrected chi connectivity index (χ4v) is 3.64. The molecule has 0 aromatic heterocycles. The summed E-state index contributed by atoms with van der Waals surface area (Å²) in [4.78, 5) is 12.5. The third kappa shape index (κ3) is 4.81. The monoisotopic (exact) mass is 380 g/mol. The molecule has 0 bridgehead atoms. The predicted molar refractivity (Wildman–Crippen MR) is 101 cm³/mol. The number of hydrogen-bond acceptors (Lipinski definition) is 3. The van der Waals surface area contributed by atoms with Crippen molar-refractivity contribution in [3.63, 3.8) is 0 Å². The minimum atomic E-state index is -3.58. The Hall–Kier alpha value is -1.89. The van der Waals surface area contributed by atoms with Crippen molar-refractivity contribution in [3.05, 3.63) is 58.6 Å². The van der Waals surface area contributed by atoms with Crippen LogP contribution in [0.25, 0.3) is 0 Å². The number of nitrogens with one attached hydrogen (secondary N) is 2. The van der Waals surface area contributed by atoms with E-state index in [-0.39, 0.29) is 16.8 Å². The molecule has 2 N–H and O–H groups in total. The quantitative estimate of drug-likeness (QED) is 0.795. The fraction of sp³-hybridized carbons (Fsp3) is 0.278. The highest BCUT2D eigenvalue weighted by molar-refractivity contribution is 7.89. The van der Waals surface area contributed by atoms with Crippen LogP contribution in [0, 0.1) is 6.92 Å². The van der Waals surface area contributed by atoms with Gasteiger partial charge in [0.25, 0.3) is 5.91 Å². The van der Waals surface area contributed by atoms with Gasteiger partial charge in [0.05, 0.1) is 4.90 Å². The van der Waals surface area contributed by atoms with Crippen molar-refractivity contribution in [2.75, 3.05) is 5.32 Å². The summed E-state index contributed by atoms with van der Waals surface area (Å²) in [7, 11) is -3.58. The van der Waals surface area contributed by atoms with E-state index < -0.39 is 10.0 Å². The molecule has 0 heterocycles. The molecule has 0 saturated heterocycles. The van der Waals surface area contributed by atoms with Gasteiger partial charge in [-0.1, -0.05) is 24.6 Å². The molecule has 0 fully saturated rings. The lowest BCUT2D eigenvalue weighted by Crippen LogP contribution is -2.32. The van der Waals surface area contributed by atoms with E-state index in [9.17, 15) is 13.2 Å². The van der Waals surface area contributed by atoms with Gasteiger partial charge in [-0.15, -0.1) is 0 Å². The van der Waals surface area contributed by atoms with Crippen molar-refractivity contribution >= 4 is 33.2 Å². The second kappa shape index (κ2) is 7.99. The Morgan fingerprint density at radius 2 is 1.80 bits per heavy atom. The number of rotatable bonds is 6. The number of anilines is 1. The summed E-state index contributed by atoms with van der Waals surface area (Å²) in [6, 6.07) is 10.9. The topological polar surface area (TPSA) is 75.3 Å². The number of sulfonamides is 1. The summed E-state index contributed by atoms with van der Waals surface area (Å²) in [5, 5.41) is 3.34. The standard InChI is InChI=1S/C18H21ClN2O3S/c1-4-12(2)21-25(23,24)15-10-8-14(9-11-15)18(22)20-17-7-5-6-16(19)13(17)3/h5-12,21H,4H2,1-3H3,(H,20,22). The van der Waals surface area contributed by atoms with E-state index in [1.807, 2.05) is 13.8 Å². The van der Waals surface area contributed by atoms with E-state index in [1.165, 1.54) is 24.3 Å². The average Bonchev–Trinajstić information content (AvgIpc) is 2.58. The van der Waals surface area contributed by atoms with Crippen molar-refractivity contribution in [2.24, 2.45) is 0 Å². The highest BCUT2D eigenvalue weighted by Gasteiger charge is 2.17. The molecule has 2 aromatic carbocycles. The number of carbonyl (C=O) groups excluding carboxylic acids is 1. The van der Waals surface area contributed by atoms with Gasteiger partial charge >= 0.3 is 0 Å². The van der Waals surface area contributed by atoms with Gasteiger partial charge < -0.3 is 5.32 Å². The molecule has 0 spiro atoms. The zero-order valence-electron chi connectivity index (χ0n) is 14.3. The second-order valence-corrected chi connectivity index (χ2v) is 7.94. The largest absolute Gasteiger partial charge is 0.322 e. The van der Waals surface area contributed by atoms with Crippen LogP contribution in [0.4, 0.5) is 5.69 Å². The van der Waals surface area contributed by atoms with Crippen molar-refractivity contribution < 1.29 is 13.2 Å². The molecule has 0 aliphatic carbocycles. The molecule has 0 radical (unpaired) electrons. The number of hydrogen-bond donors (Lipinski definition) is 2. The van der Waals surface area contributed by atoms with Gasteiger partial charge in [0, 0.05) is 22.3 Å². The highest BCUT2D eigenvalue weighted by Crippen LogP contribution is 2.23. The van der Waals surface area contributed by atoms with Gasteiger partial charge in [-0.3, -0.25) is 4.79 Å². The zero-order valence-corrected chi connectivity index (χ0v) is 15.9. The molecule has 1 amide bonds. The molecule has 2 aromatic rings. The third-order valence-electron chi connectivity index (χ3n) is 3.91. The lowest BCUT2D eigenvalue weighted by molar-refractivity contribution is 0.102. The van der Waals surface area contributed by atoms with E-state index in [1.54, 1.807) is 25.1 Å². The van der Waals surface area contributed by atoms with Gasteiger partial charge in [0.15, 0.2) is 0 Å². The maximum atomic E-state index is 12.3. The summed E-state index contributed by atoms with van der Waals surface area (Å²) < 4.78 is 27.0. The first-order valence-electron chi connectivity index (χ1n) is 7.93. The molecule has 0 aliphatic rings. The van der Waals surface area contributed by atoms with Crippen molar-refractivity contribution in [3.8, 4) is 0 Å². The summed E-state index contributed by atoms with van der Waals surface area (Å²) in [5.74, 6) is -0.329. The molecule has 25 heavy (non-hydrogen) atoms. The SMILES string of the molecule is CCC(C)NS(=O)(=O)c1ccc(C(=O)Nc2cccc(Cl)c2C)cc1. The van der Waals surface area contributed by atoms with Crippen LogP contribution in [0.15, 0.2) is 47.4 Å². The molecular weight excluding hydrogens is 360 g/mol. The Bertz CT molecular complexity index is 864. The van der Waals surface area contributed by atoms with Crippen LogP contribution >= 0.6 is 11.6 Å². The van der Waals surface area contributed by atoms with Crippen LogP contribution in [0.1, 0.15) is 36.2 Å². The summed E-state index contributed by atoms with van der Waals surface area (Å²) in [5.41, 5.74) is 1.75. The van der Waals surface area contributed by atoms with Gasteiger partial charge in [-0.05, 0) is 62.2 Å². The first-order valence-corrected chi connectivity index (χ1v) is 9.79. The number of halogens is 1. The van der Waals surface area contributed by atoms with E-state index >= 15 is 0 Å². The Morgan fingerprint density at radius 1 is 1.16 bits per heavy atom.